The van der Waals surface area contributed by atoms with Crippen molar-refractivity contribution in [2.45, 2.75) is 37.9 Å². The van der Waals surface area contributed by atoms with Gasteiger partial charge in [0.25, 0.3) is 0 Å². The number of piperidine rings is 1. The number of carbonyl (C=O) groups excluding carboxylic acids is 2. The summed E-state index contributed by atoms with van der Waals surface area (Å²) in [6.07, 6.45) is -2.26. The van der Waals surface area contributed by atoms with Crippen LogP contribution in [0.2, 0.25) is 0 Å². The Bertz CT molecular complexity index is 437. The highest BCUT2D eigenvalue weighted by Crippen LogP contribution is 2.22. The largest absolute Gasteiger partial charge is 0.406 e. The van der Waals surface area contributed by atoms with Crippen molar-refractivity contribution in [3.8, 4) is 0 Å². The Kier molecular flexibility index (Phi) is 5.85. The van der Waals surface area contributed by atoms with Crippen LogP contribution >= 0.6 is 0 Å². The van der Waals surface area contributed by atoms with Crippen LogP contribution in [-0.4, -0.2) is 67.3 Å². The number of amides is 2. The molecule has 1 atom stereocenters. The van der Waals surface area contributed by atoms with Crippen molar-refractivity contribution < 1.29 is 27.6 Å². The van der Waals surface area contributed by atoms with Gasteiger partial charge in [-0.2, -0.15) is 18.2 Å². The lowest BCUT2D eigenvalue weighted by Crippen LogP contribution is -2.44. The fraction of sp³-hybridized carbons (Fsp3) is 0.857. The topological polar surface area (TPSA) is 61.9 Å². The maximum atomic E-state index is 12.3. The Morgan fingerprint density at radius 1 is 1.26 bits per heavy atom. The van der Waals surface area contributed by atoms with Crippen LogP contribution in [0.3, 0.4) is 0 Å². The number of nitrogens with one attached hydrogen (secondary N) is 1. The number of nitrogens with zero attached hydrogens (tertiary/aromatic N) is 2. The Morgan fingerprint density at radius 2 is 1.91 bits per heavy atom. The summed E-state index contributed by atoms with van der Waals surface area (Å²) in [5, 5.41) is 4.40. The van der Waals surface area contributed by atoms with E-state index in [1.807, 2.05) is 5.06 Å². The van der Waals surface area contributed by atoms with Crippen molar-refractivity contribution in [1.82, 2.24) is 15.3 Å². The van der Waals surface area contributed by atoms with Crippen LogP contribution in [0.25, 0.3) is 0 Å². The molecule has 2 aliphatic rings. The van der Waals surface area contributed by atoms with E-state index in [9.17, 15) is 22.8 Å². The molecular weight excluding hydrogens is 315 g/mol. The third-order valence-electron chi connectivity index (χ3n) is 4.31. The first-order valence-corrected chi connectivity index (χ1v) is 7.72. The van der Waals surface area contributed by atoms with Crippen LogP contribution in [-0.2, 0) is 14.4 Å². The van der Waals surface area contributed by atoms with Crippen LogP contribution in [0.5, 0.6) is 0 Å². The fourth-order valence-electron chi connectivity index (χ4n) is 3.06. The molecule has 2 saturated heterocycles. The zero-order valence-electron chi connectivity index (χ0n) is 13.1. The molecule has 0 aromatic carbocycles. The van der Waals surface area contributed by atoms with E-state index in [0.717, 1.165) is 30.8 Å². The SMILES string of the molecule is CON1CCC(CC(=O)NC2CCN(CC(F)(F)F)C2=O)CC1. The Morgan fingerprint density at radius 3 is 2.48 bits per heavy atom. The molecule has 2 fully saturated rings. The summed E-state index contributed by atoms with van der Waals surface area (Å²) in [4.78, 5) is 29.7. The van der Waals surface area contributed by atoms with Crippen LogP contribution < -0.4 is 5.32 Å². The summed E-state index contributed by atoms with van der Waals surface area (Å²) in [7, 11) is 1.60. The molecule has 0 aliphatic carbocycles. The molecule has 23 heavy (non-hydrogen) atoms. The highest BCUT2D eigenvalue weighted by molar-refractivity contribution is 5.89. The molecule has 2 heterocycles. The number of hydroxylamine groups is 2. The standard InChI is InChI=1S/C14H22F3N3O3/c1-23-20-6-2-10(3-7-20)8-12(21)18-11-4-5-19(13(11)22)9-14(15,16)17/h10-11H,2-9H2,1H3,(H,18,21). The monoisotopic (exact) mass is 337 g/mol. The van der Waals surface area contributed by atoms with Gasteiger partial charge in [-0.1, -0.05) is 0 Å². The summed E-state index contributed by atoms with van der Waals surface area (Å²) in [6.45, 7) is 0.259. The molecule has 132 valence electrons. The highest BCUT2D eigenvalue weighted by Gasteiger charge is 2.39. The van der Waals surface area contributed by atoms with Gasteiger partial charge in [-0.3, -0.25) is 9.59 Å². The number of hydrogen-bond donors (Lipinski definition) is 1. The van der Waals surface area contributed by atoms with Gasteiger partial charge >= 0.3 is 6.18 Å². The molecule has 0 saturated carbocycles. The van der Waals surface area contributed by atoms with E-state index < -0.39 is 24.7 Å². The van der Waals surface area contributed by atoms with E-state index in [1.165, 1.54) is 0 Å². The second kappa shape index (κ2) is 7.48. The van der Waals surface area contributed by atoms with Crippen molar-refractivity contribution in [1.29, 1.82) is 0 Å². The van der Waals surface area contributed by atoms with Gasteiger partial charge in [0.2, 0.25) is 11.8 Å². The molecular formula is C14H22F3N3O3. The lowest BCUT2D eigenvalue weighted by Gasteiger charge is -2.29. The maximum Gasteiger partial charge on any atom is 0.406 e. The summed E-state index contributed by atoms with van der Waals surface area (Å²) in [5.41, 5.74) is 0. The molecule has 1 N–H and O–H groups in total. The Balaban J connectivity index is 1.75. The normalized spacial score (nSPS) is 24.3. The molecule has 2 rings (SSSR count). The van der Waals surface area contributed by atoms with Crippen LogP contribution in [0.4, 0.5) is 13.2 Å². The number of alkyl halides is 3. The third kappa shape index (κ3) is 5.35. The van der Waals surface area contributed by atoms with Crippen LogP contribution in [0.15, 0.2) is 0 Å². The molecule has 2 amide bonds. The molecule has 1 unspecified atom stereocenters. The fourth-order valence-corrected chi connectivity index (χ4v) is 3.06. The van der Waals surface area contributed by atoms with Crippen molar-refractivity contribution >= 4 is 11.8 Å². The number of likely N-dealkylation sites (tertiary alicyclic amines) is 1. The van der Waals surface area contributed by atoms with Gasteiger partial charge < -0.3 is 15.1 Å². The van der Waals surface area contributed by atoms with Gasteiger partial charge in [0.05, 0.1) is 7.11 Å². The summed E-state index contributed by atoms with van der Waals surface area (Å²) in [5.74, 6) is -0.706. The van der Waals surface area contributed by atoms with Gasteiger partial charge in [0.15, 0.2) is 0 Å². The number of hydrogen-bond acceptors (Lipinski definition) is 4. The summed E-state index contributed by atoms with van der Waals surface area (Å²) < 4.78 is 37.0. The number of halogens is 3. The molecule has 0 aromatic rings. The van der Waals surface area contributed by atoms with Crippen LogP contribution in [0, 0.1) is 5.92 Å². The van der Waals surface area contributed by atoms with E-state index in [4.69, 9.17) is 4.84 Å². The van der Waals surface area contributed by atoms with E-state index >= 15 is 0 Å². The van der Waals surface area contributed by atoms with Gasteiger partial charge in [-0.15, -0.1) is 0 Å². The Hall–Kier alpha value is -1.35. The predicted molar refractivity (Wildman–Crippen MR) is 75.1 cm³/mol. The minimum Gasteiger partial charge on any atom is -0.344 e. The van der Waals surface area contributed by atoms with Crippen molar-refractivity contribution in [3.05, 3.63) is 0 Å². The molecule has 9 heteroatoms. The van der Waals surface area contributed by atoms with Crippen LogP contribution in [0.1, 0.15) is 25.7 Å². The zero-order chi connectivity index (χ0) is 17.0. The first-order valence-electron chi connectivity index (χ1n) is 7.72. The molecule has 2 aliphatic heterocycles. The van der Waals surface area contributed by atoms with Gasteiger partial charge in [-0.25, -0.2) is 0 Å². The zero-order valence-corrected chi connectivity index (χ0v) is 13.1. The summed E-state index contributed by atoms with van der Waals surface area (Å²) in [6, 6.07) is -0.830. The van der Waals surface area contributed by atoms with Gasteiger partial charge in [0, 0.05) is 26.1 Å². The van der Waals surface area contributed by atoms with Crippen molar-refractivity contribution in [3.63, 3.8) is 0 Å². The lowest BCUT2D eigenvalue weighted by atomic mass is 9.94. The first kappa shape index (κ1) is 18.0. The third-order valence-corrected chi connectivity index (χ3v) is 4.31. The minimum absolute atomic E-state index is 0.0233. The van der Waals surface area contributed by atoms with E-state index in [0.29, 0.717) is 6.42 Å². The minimum atomic E-state index is -4.41. The average Bonchev–Trinajstić information content (AvgIpc) is 2.79. The lowest BCUT2D eigenvalue weighted by molar-refractivity contribution is -0.158. The average molecular weight is 337 g/mol. The van der Waals surface area contributed by atoms with E-state index in [-0.39, 0.29) is 24.8 Å². The van der Waals surface area contributed by atoms with Gasteiger partial charge in [-0.05, 0) is 25.2 Å². The smallest absolute Gasteiger partial charge is 0.344 e. The van der Waals surface area contributed by atoms with Crippen molar-refractivity contribution in [2.75, 3.05) is 33.3 Å². The molecule has 0 spiro atoms. The molecule has 6 nitrogen and oxygen atoms in total. The van der Waals surface area contributed by atoms with E-state index in [1.54, 1.807) is 7.11 Å². The Labute approximate surface area is 132 Å². The number of rotatable bonds is 5. The van der Waals surface area contributed by atoms with Gasteiger partial charge in [0.1, 0.15) is 12.6 Å². The van der Waals surface area contributed by atoms with E-state index in [2.05, 4.69) is 5.32 Å². The summed E-state index contributed by atoms with van der Waals surface area (Å²) >= 11 is 0. The quantitative estimate of drug-likeness (QED) is 0.811. The molecule has 0 aromatic heterocycles. The number of carbonyl (C=O) groups is 2. The second-order valence-electron chi connectivity index (χ2n) is 6.04. The van der Waals surface area contributed by atoms with Crippen molar-refractivity contribution in [2.24, 2.45) is 5.92 Å². The highest BCUT2D eigenvalue weighted by atomic mass is 19.4. The first-order chi connectivity index (χ1) is 10.8. The molecule has 0 radical (unpaired) electrons. The maximum absolute atomic E-state index is 12.3. The molecule has 0 bridgehead atoms. The second-order valence-corrected chi connectivity index (χ2v) is 6.04. The predicted octanol–water partition coefficient (Wildman–Crippen LogP) is 0.929.